The molecule has 0 fully saturated rings. The summed E-state index contributed by atoms with van der Waals surface area (Å²) in [6.45, 7) is 4.11. The molecule has 4 nitrogen and oxygen atoms in total. The molecule has 6 heteroatoms. The topological polar surface area (TPSA) is 49.4 Å². The van der Waals surface area contributed by atoms with E-state index < -0.39 is 0 Å². The number of amides is 2. The number of carbonyl (C=O) groups is 2. The molecular weight excluding hydrogens is 347 g/mol. The highest BCUT2D eigenvalue weighted by Crippen LogP contribution is 2.29. The van der Waals surface area contributed by atoms with Gasteiger partial charge in [-0.05, 0) is 38.1 Å². The summed E-state index contributed by atoms with van der Waals surface area (Å²) in [7, 11) is 0. The van der Waals surface area contributed by atoms with Crippen molar-refractivity contribution in [2.45, 2.75) is 13.8 Å². The van der Waals surface area contributed by atoms with Crippen LogP contribution in [0, 0.1) is 6.92 Å². The monoisotopic (exact) mass is 364 g/mol. The molecule has 1 N–H and O–H groups in total. The summed E-state index contributed by atoms with van der Waals surface area (Å²) in [6.07, 6.45) is 0. The Morgan fingerprint density at radius 1 is 1.04 bits per heavy atom. The van der Waals surface area contributed by atoms with Crippen molar-refractivity contribution in [3.05, 3.63) is 63.6 Å². The molecule has 0 unspecified atom stereocenters. The van der Waals surface area contributed by atoms with Crippen LogP contribution in [0.25, 0.3) is 0 Å². The van der Waals surface area contributed by atoms with Gasteiger partial charge in [0.05, 0.1) is 15.7 Å². The SMILES string of the molecule is CCN(CC(=O)Nc1c(Cl)cccc1Cl)C(=O)c1ccc(C)cc1. The second kappa shape index (κ2) is 8.18. The first-order valence-corrected chi connectivity index (χ1v) is 8.27. The Hall–Kier alpha value is -2.04. The quantitative estimate of drug-likeness (QED) is 0.854. The van der Waals surface area contributed by atoms with Crippen LogP contribution in [0.4, 0.5) is 5.69 Å². The highest BCUT2D eigenvalue weighted by atomic mass is 35.5. The Morgan fingerprint density at radius 3 is 2.17 bits per heavy atom. The molecule has 0 aliphatic carbocycles. The number of likely N-dealkylation sites (N-methyl/N-ethyl adjacent to an activating group) is 1. The van der Waals surface area contributed by atoms with Gasteiger partial charge in [-0.2, -0.15) is 0 Å². The third-order valence-electron chi connectivity index (χ3n) is 3.53. The van der Waals surface area contributed by atoms with Crippen LogP contribution in [0.1, 0.15) is 22.8 Å². The van der Waals surface area contributed by atoms with E-state index in [1.807, 2.05) is 26.0 Å². The Bertz CT molecular complexity index is 725. The lowest BCUT2D eigenvalue weighted by Crippen LogP contribution is -2.37. The maximum atomic E-state index is 12.5. The molecule has 0 saturated carbocycles. The van der Waals surface area contributed by atoms with Gasteiger partial charge in [0.1, 0.15) is 6.54 Å². The number of benzene rings is 2. The normalized spacial score (nSPS) is 10.3. The van der Waals surface area contributed by atoms with E-state index in [1.165, 1.54) is 4.90 Å². The summed E-state index contributed by atoms with van der Waals surface area (Å²) in [5.41, 5.74) is 1.97. The number of halogens is 2. The first kappa shape index (κ1) is 18.3. The van der Waals surface area contributed by atoms with Crippen LogP contribution in [-0.2, 0) is 4.79 Å². The first-order chi connectivity index (χ1) is 11.4. The molecule has 24 heavy (non-hydrogen) atoms. The number of aryl methyl sites for hydroxylation is 1. The van der Waals surface area contributed by atoms with Crippen molar-refractivity contribution >= 4 is 40.7 Å². The standard InChI is InChI=1S/C18H18Cl2N2O2/c1-3-22(18(24)13-9-7-12(2)8-10-13)11-16(23)21-17-14(19)5-4-6-15(17)20/h4-10H,3,11H2,1-2H3,(H,21,23). The van der Waals surface area contributed by atoms with Gasteiger partial charge in [-0.15, -0.1) is 0 Å². The van der Waals surface area contributed by atoms with E-state index in [2.05, 4.69) is 5.32 Å². The summed E-state index contributed by atoms with van der Waals surface area (Å²) >= 11 is 12.1. The second-order valence-corrected chi connectivity index (χ2v) is 6.14. The molecule has 2 aromatic rings. The van der Waals surface area contributed by atoms with E-state index in [4.69, 9.17) is 23.2 Å². The predicted octanol–water partition coefficient (Wildman–Crippen LogP) is 4.40. The van der Waals surface area contributed by atoms with Crippen molar-refractivity contribution in [2.24, 2.45) is 0 Å². The minimum absolute atomic E-state index is 0.0786. The Balaban J connectivity index is 2.08. The minimum Gasteiger partial charge on any atom is -0.330 e. The zero-order valence-electron chi connectivity index (χ0n) is 13.5. The summed E-state index contributed by atoms with van der Waals surface area (Å²) < 4.78 is 0. The van der Waals surface area contributed by atoms with Gasteiger partial charge in [0.15, 0.2) is 0 Å². The van der Waals surface area contributed by atoms with Gasteiger partial charge < -0.3 is 10.2 Å². The van der Waals surface area contributed by atoms with Gasteiger partial charge in [0.2, 0.25) is 5.91 Å². The molecule has 0 saturated heterocycles. The summed E-state index contributed by atoms with van der Waals surface area (Å²) in [5.74, 6) is -0.551. The second-order valence-electron chi connectivity index (χ2n) is 5.33. The maximum absolute atomic E-state index is 12.5. The number of para-hydroxylation sites is 1. The third kappa shape index (κ3) is 4.49. The van der Waals surface area contributed by atoms with E-state index in [-0.39, 0.29) is 18.4 Å². The number of rotatable bonds is 5. The van der Waals surface area contributed by atoms with Crippen molar-refractivity contribution in [1.29, 1.82) is 0 Å². The van der Waals surface area contributed by atoms with Crippen LogP contribution in [-0.4, -0.2) is 29.8 Å². The van der Waals surface area contributed by atoms with E-state index in [0.29, 0.717) is 27.8 Å². The molecule has 2 amide bonds. The van der Waals surface area contributed by atoms with E-state index >= 15 is 0 Å². The Morgan fingerprint density at radius 2 is 1.62 bits per heavy atom. The number of hydrogen-bond acceptors (Lipinski definition) is 2. The summed E-state index contributed by atoms with van der Waals surface area (Å²) in [4.78, 5) is 26.2. The fourth-order valence-corrected chi connectivity index (χ4v) is 2.67. The lowest BCUT2D eigenvalue weighted by Gasteiger charge is -2.21. The van der Waals surface area contributed by atoms with Gasteiger partial charge in [-0.25, -0.2) is 0 Å². The van der Waals surface area contributed by atoms with Crippen molar-refractivity contribution in [3.63, 3.8) is 0 Å². The largest absolute Gasteiger partial charge is 0.330 e. The van der Waals surface area contributed by atoms with Gasteiger partial charge in [-0.1, -0.05) is 47.0 Å². The van der Waals surface area contributed by atoms with E-state index in [0.717, 1.165) is 5.56 Å². The fraction of sp³-hybridized carbons (Fsp3) is 0.222. The molecule has 0 atom stereocenters. The predicted molar refractivity (Wildman–Crippen MR) is 97.8 cm³/mol. The number of nitrogens with one attached hydrogen (secondary N) is 1. The third-order valence-corrected chi connectivity index (χ3v) is 4.16. The van der Waals surface area contributed by atoms with E-state index in [1.54, 1.807) is 30.3 Å². The highest BCUT2D eigenvalue weighted by molar-refractivity contribution is 6.39. The average Bonchev–Trinajstić information content (AvgIpc) is 2.56. The van der Waals surface area contributed by atoms with Crippen molar-refractivity contribution in [2.75, 3.05) is 18.4 Å². The van der Waals surface area contributed by atoms with Crippen LogP contribution in [0.5, 0.6) is 0 Å². The van der Waals surface area contributed by atoms with Crippen molar-refractivity contribution in [1.82, 2.24) is 4.90 Å². The smallest absolute Gasteiger partial charge is 0.254 e. The molecule has 0 bridgehead atoms. The van der Waals surface area contributed by atoms with Crippen LogP contribution in [0.2, 0.25) is 10.0 Å². The maximum Gasteiger partial charge on any atom is 0.254 e. The van der Waals surface area contributed by atoms with Gasteiger partial charge >= 0.3 is 0 Å². The zero-order valence-corrected chi connectivity index (χ0v) is 15.0. The molecule has 0 spiro atoms. The molecule has 0 aliphatic rings. The Kier molecular flexibility index (Phi) is 6.23. The van der Waals surface area contributed by atoms with Crippen LogP contribution >= 0.6 is 23.2 Å². The molecule has 0 heterocycles. The van der Waals surface area contributed by atoms with Gasteiger partial charge in [-0.3, -0.25) is 9.59 Å². The zero-order chi connectivity index (χ0) is 17.7. The summed E-state index contributed by atoms with van der Waals surface area (Å²) in [6, 6.07) is 12.2. The van der Waals surface area contributed by atoms with Crippen molar-refractivity contribution in [3.8, 4) is 0 Å². The molecule has 0 radical (unpaired) electrons. The Labute approximate surface area is 151 Å². The molecule has 0 aliphatic heterocycles. The van der Waals surface area contributed by atoms with Gasteiger partial charge in [0.25, 0.3) is 5.91 Å². The number of hydrogen-bond donors (Lipinski definition) is 1. The number of carbonyl (C=O) groups excluding carboxylic acids is 2. The minimum atomic E-state index is -0.354. The average molecular weight is 365 g/mol. The fourth-order valence-electron chi connectivity index (χ4n) is 2.18. The van der Waals surface area contributed by atoms with Crippen LogP contribution in [0.3, 0.4) is 0 Å². The van der Waals surface area contributed by atoms with Gasteiger partial charge in [0, 0.05) is 12.1 Å². The molecule has 2 rings (SSSR count). The first-order valence-electron chi connectivity index (χ1n) is 7.52. The molecule has 2 aromatic carbocycles. The van der Waals surface area contributed by atoms with Crippen LogP contribution in [0.15, 0.2) is 42.5 Å². The lowest BCUT2D eigenvalue weighted by molar-refractivity contribution is -0.116. The van der Waals surface area contributed by atoms with Crippen molar-refractivity contribution < 1.29 is 9.59 Å². The molecular formula is C18H18Cl2N2O2. The molecule has 0 aromatic heterocycles. The lowest BCUT2D eigenvalue weighted by atomic mass is 10.1. The highest BCUT2D eigenvalue weighted by Gasteiger charge is 2.18. The van der Waals surface area contributed by atoms with Crippen LogP contribution < -0.4 is 5.32 Å². The molecule has 126 valence electrons. The van der Waals surface area contributed by atoms with E-state index in [9.17, 15) is 9.59 Å². The summed E-state index contributed by atoms with van der Waals surface area (Å²) in [5, 5.41) is 3.36. The number of nitrogens with zero attached hydrogens (tertiary/aromatic N) is 1. The number of anilines is 1.